The molecule has 1 N–H and O–H groups in total. The molecule has 0 radical (unpaired) electrons. The van der Waals surface area contributed by atoms with Gasteiger partial charge in [0.05, 0.1) is 21.7 Å². The maximum Gasteiger partial charge on any atom is 0.182 e. The Morgan fingerprint density at radius 2 is 1.95 bits per heavy atom. The van der Waals surface area contributed by atoms with Crippen molar-refractivity contribution in [1.82, 2.24) is 9.55 Å². The minimum atomic E-state index is -0.421. The molecule has 0 amide bonds. The molecule has 1 heterocycles. The van der Waals surface area contributed by atoms with E-state index in [2.05, 4.69) is 20.9 Å². The number of benzene rings is 2. The van der Waals surface area contributed by atoms with Gasteiger partial charge in [-0.2, -0.15) is 0 Å². The second-order valence-corrected chi connectivity index (χ2v) is 6.23. The van der Waals surface area contributed by atoms with Gasteiger partial charge in [-0.1, -0.05) is 23.2 Å². The molecule has 0 unspecified atom stereocenters. The monoisotopic (exact) mass is 390 g/mol. The number of rotatable bonds is 1. The molecular weight excluding hydrogens is 386 g/mol. The molecule has 0 aliphatic heterocycles. The van der Waals surface area contributed by atoms with Gasteiger partial charge in [-0.25, -0.2) is 4.39 Å². The van der Waals surface area contributed by atoms with Crippen molar-refractivity contribution in [2.24, 2.45) is 0 Å². The molecule has 0 saturated carbocycles. The van der Waals surface area contributed by atoms with Crippen molar-refractivity contribution in [2.45, 2.75) is 0 Å². The standard InChI is InChI=1S/C13H6BrCl2FN2S/c14-8-4-7(17)5-9(16)12(8)19-11-3-6(15)1-2-10(11)18-13(19)20/h1-5H,(H,18,20). The number of nitrogens with zero attached hydrogens (tertiary/aromatic N) is 1. The molecule has 0 atom stereocenters. The van der Waals surface area contributed by atoms with Crippen LogP contribution in [0.1, 0.15) is 0 Å². The highest BCUT2D eigenvalue weighted by Crippen LogP contribution is 2.33. The van der Waals surface area contributed by atoms with Gasteiger partial charge in [-0.3, -0.25) is 4.57 Å². The second kappa shape index (κ2) is 5.15. The third-order valence-corrected chi connectivity index (χ3v) is 4.26. The van der Waals surface area contributed by atoms with Crippen LogP contribution in [0.3, 0.4) is 0 Å². The minimum Gasteiger partial charge on any atom is -0.330 e. The molecule has 0 aliphatic carbocycles. The van der Waals surface area contributed by atoms with Crippen LogP contribution in [0.4, 0.5) is 4.39 Å². The first-order chi connectivity index (χ1) is 9.47. The average molecular weight is 392 g/mol. The molecule has 0 fully saturated rings. The lowest BCUT2D eigenvalue weighted by Gasteiger charge is -2.10. The molecule has 102 valence electrons. The summed E-state index contributed by atoms with van der Waals surface area (Å²) in [5.41, 5.74) is 2.18. The number of H-pyrrole nitrogens is 1. The largest absolute Gasteiger partial charge is 0.330 e. The van der Waals surface area contributed by atoms with E-state index in [1.54, 1.807) is 16.7 Å². The number of aromatic amines is 1. The van der Waals surface area contributed by atoms with E-state index in [1.165, 1.54) is 12.1 Å². The summed E-state index contributed by atoms with van der Waals surface area (Å²) in [6, 6.07) is 7.95. The first kappa shape index (κ1) is 14.1. The van der Waals surface area contributed by atoms with Crippen molar-refractivity contribution in [3.63, 3.8) is 0 Å². The number of imidazole rings is 1. The fraction of sp³-hybridized carbons (Fsp3) is 0. The lowest BCUT2D eigenvalue weighted by Crippen LogP contribution is -1.97. The van der Waals surface area contributed by atoms with Gasteiger partial charge in [0.15, 0.2) is 4.77 Å². The molecule has 20 heavy (non-hydrogen) atoms. The fourth-order valence-corrected chi connectivity index (χ4v) is 3.53. The summed E-state index contributed by atoms with van der Waals surface area (Å²) in [7, 11) is 0. The highest BCUT2D eigenvalue weighted by atomic mass is 79.9. The molecule has 0 aliphatic rings. The highest BCUT2D eigenvalue weighted by molar-refractivity contribution is 9.10. The summed E-state index contributed by atoms with van der Waals surface area (Å²) in [6.07, 6.45) is 0. The summed E-state index contributed by atoms with van der Waals surface area (Å²) in [5, 5.41) is 0.837. The van der Waals surface area contributed by atoms with Crippen LogP contribution in [0.2, 0.25) is 10.0 Å². The zero-order chi connectivity index (χ0) is 14.4. The summed E-state index contributed by atoms with van der Waals surface area (Å²) >= 11 is 20.8. The van der Waals surface area contributed by atoms with Crippen LogP contribution in [0, 0.1) is 10.6 Å². The van der Waals surface area contributed by atoms with Gasteiger partial charge in [-0.15, -0.1) is 0 Å². The van der Waals surface area contributed by atoms with E-state index in [9.17, 15) is 4.39 Å². The number of fused-ring (bicyclic) bond motifs is 1. The Morgan fingerprint density at radius 1 is 1.20 bits per heavy atom. The molecule has 3 aromatic rings. The lowest BCUT2D eigenvalue weighted by molar-refractivity contribution is 0.626. The number of hydrogen-bond donors (Lipinski definition) is 1. The van der Waals surface area contributed by atoms with Gasteiger partial charge in [0.25, 0.3) is 0 Å². The first-order valence-electron chi connectivity index (χ1n) is 5.52. The zero-order valence-electron chi connectivity index (χ0n) is 9.75. The van der Waals surface area contributed by atoms with Crippen molar-refractivity contribution in [2.75, 3.05) is 0 Å². The van der Waals surface area contributed by atoms with Crippen LogP contribution in [0.15, 0.2) is 34.8 Å². The van der Waals surface area contributed by atoms with Gasteiger partial charge in [0.2, 0.25) is 0 Å². The van der Waals surface area contributed by atoms with Crippen molar-refractivity contribution in [1.29, 1.82) is 0 Å². The molecule has 3 rings (SSSR count). The Balaban J connectivity index is 2.44. The van der Waals surface area contributed by atoms with E-state index in [-0.39, 0.29) is 5.02 Å². The predicted octanol–water partition coefficient (Wildman–Crippen LogP) is 5.90. The predicted molar refractivity (Wildman–Crippen MR) is 86.1 cm³/mol. The van der Waals surface area contributed by atoms with Crippen LogP contribution in [-0.2, 0) is 0 Å². The Labute approximate surface area is 137 Å². The molecular formula is C13H6BrCl2FN2S. The topological polar surface area (TPSA) is 20.7 Å². The Hall–Kier alpha value is -0.880. The molecule has 1 aromatic heterocycles. The van der Waals surface area contributed by atoms with Crippen molar-refractivity contribution < 1.29 is 4.39 Å². The van der Waals surface area contributed by atoms with E-state index < -0.39 is 5.82 Å². The van der Waals surface area contributed by atoms with Gasteiger partial charge >= 0.3 is 0 Å². The van der Waals surface area contributed by atoms with Crippen LogP contribution in [-0.4, -0.2) is 9.55 Å². The molecule has 2 nitrogen and oxygen atoms in total. The second-order valence-electron chi connectivity index (χ2n) is 4.15. The van der Waals surface area contributed by atoms with E-state index in [0.29, 0.717) is 20.0 Å². The Morgan fingerprint density at radius 3 is 2.65 bits per heavy atom. The van der Waals surface area contributed by atoms with Crippen LogP contribution in [0.5, 0.6) is 0 Å². The number of hydrogen-bond acceptors (Lipinski definition) is 1. The average Bonchev–Trinajstić information content (AvgIpc) is 2.65. The lowest BCUT2D eigenvalue weighted by atomic mass is 10.2. The molecule has 0 spiro atoms. The first-order valence-corrected chi connectivity index (χ1v) is 7.48. The number of nitrogens with one attached hydrogen (secondary N) is 1. The Kier molecular flexibility index (Phi) is 3.62. The summed E-state index contributed by atoms with van der Waals surface area (Å²) in [6.45, 7) is 0. The van der Waals surface area contributed by atoms with Crippen molar-refractivity contribution in [3.05, 3.63) is 55.4 Å². The Bertz CT molecular complexity index is 865. The van der Waals surface area contributed by atoms with E-state index in [0.717, 1.165) is 11.0 Å². The summed E-state index contributed by atoms with van der Waals surface area (Å²) in [5.74, 6) is -0.421. The van der Waals surface area contributed by atoms with Gasteiger partial charge < -0.3 is 4.98 Å². The van der Waals surface area contributed by atoms with Gasteiger partial charge in [-0.05, 0) is 58.5 Å². The quantitative estimate of drug-likeness (QED) is 0.512. The van der Waals surface area contributed by atoms with Crippen molar-refractivity contribution >= 4 is 62.4 Å². The number of halogens is 4. The van der Waals surface area contributed by atoms with Crippen molar-refractivity contribution in [3.8, 4) is 5.69 Å². The maximum atomic E-state index is 13.3. The van der Waals surface area contributed by atoms with Gasteiger partial charge in [0.1, 0.15) is 5.82 Å². The maximum absolute atomic E-state index is 13.3. The number of aromatic nitrogens is 2. The van der Waals surface area contributed by atoms with Crippen LogP contribution < -0.4 is 0 Å². The van der Waals surface area contributed by atoms with E-state index >= 15 is 0 Å². The van der Waals surface area contributed by atoms with Crippen LogP contribution in [0.25, 0.3) is 16.7 Å². The van der Waals surface area contributed by atoms with E-state index in [4.69, 9.17) is 35.4 Å². The zero-order valence-corrected chi connectivity index (χ0v) is 13.7. The normalized spacial score (nSPS) is 11.2. The van der Waals surface area contributed by atoms with E-state index in [1.807, 2.05) is 6.07 Å². The SMILES string of the molecule is Fc1cc(Cl)c(-n2c(=S)[nH]c3ccc(Cl)cc32)c(Br)c1. The third-order valence-electron chi connectivity index (χ3n) is 2.85. The molecule has 7 heteroatoms. The summed E-state index contributed by atoms with van der Waals surface area (Å²) in [4.78, 5) is 3.07. The summed E-state index contributed by atoms with van der Waals surface area (Å²) < 4.78 is 16.0. The van der Waals surface area contributed by atoms with Gasteiger partial charge in [0, 0.05) is 9.50 Å². The highest BCUT2D eigenvalue weighted by Gasteiger charge is 2.14. The molecule has 2 aromatic carbocycles. The fourth-order valence-electron chi connectivity index (χ4n) is 2.05. The smallest absolute Gasteiger partial charge is 0.182 e. The minimum absolute atomic E-state index is 0.258. The molecule has 0 bridgehead atoms. The third kappa shape index (κ3) is 2.29. The molecule has 0 saturated heterocycles. The van der Waals surface area contributed by atoms with Crippen LogP contribution >= 0.6 is 51.3 Å².